The number of aromatic nitrogens is 1. The van der Waals surface area contributed by atoms with Crippen LogP contribution in [0.15, 0.2) is 36.5 Å². The van der Waals surface area contributed by atoms with Crippen molar-refractivity contribution in [2.75, 3.05) is 6.61 Å². The van der Waals surface area contributed by atoms with E-state index in [-0.39, 0.29) is 13.0 Å². The fourth-order valence-corrected chi connectivity index (χ4v) is 1.67. The van der Waals surface area contributed by atoms with E-state index < -0.39 is 12.0 Å². The van der Waals surface area contributed by atoms with Crippen molar-refractivity contribution in [2.24, 2.45) is 5.73 Å². The van der Waals surface area contributed by atoms with Crippen molar-refractivity contribution in [2.45, 2.75) is 12.5 Å². The summed E-state index contributed by atoms with van der Waals surface area (Å²) in [7, 11) is 0. The van der Waals surface area contributed by atoms with Crippen LogP contribution >= 0.6 is 0 Å². The predicted octanol–water partition coefficient (Wildman–Crippen LogP) is 1.42. The number of fused-ring (bicyclic) bond motifs is 1. The second kappa shape index (κ2) is 5.46. The van der Waals surface area contributed by atoms with Crippen molar-refractivity contribution in [3.05, 3.63) is 36.5 Å². The zero-order valence-electron chi connectivity index (χ0n) is 9.74. The Kier molecular flexibility index (Phi) is 3.74. The third-order valence-corrected chi connectivity index (χ3v) is 2.49. The molecule has 2 rings (SSSR count). The Morgan fingerprint density at radius 2 is 2.17 bits per heavy atom. The molecule has 3 N–H and O–H groups in total. The molecule has 0 bridgehead atoms. The minimum Gasteiger partial charge on any atom is -0.490 e. The van der Waals surface area contributed by atoms with Gasteiger partial charge in [0.15, 0.2) is 0 Å². The lowest BCUT2D eigenvalue weighted by Crippen LogP contribution is -2.30. The standard InChI is InChI=1S/C13H14N2O3/c14-10(7-12(16)17)8-18-11-5-1-3-9-4-2-6-15-13(9)11/h1-6,10H,7-8,14H2,(H,16,17). The van der Waals surface area contributed by atoms with Crippen LogP contribution in [0.3, 0.4) is 0 Å². The van der Waals surface area contributed by atoms with Crippen LogP contribution in [-0.2, 0) is 4.79 Å². The van der Waals surface area contributed by atoms with E-state index >= 15 is 0 Å². The van der Waals surface area contributed by atoms with Gasteiger partial charge in [-0.2, -0.15) is 0 Å². The number of aliphatic carboxylic acids is 1. The number of carboxylic acid groups (broad SMARTS) is 1. The summed E-state index contributed by atoms with van der Waals surface area (Å²) in [5, 5.41) is 9.58. The van der Waals surface area contributed by atoms with E-state index in [2.05, 4.69) is 4.98 Å². The van der Waals surface area contributed by atoms with Crippen LogP contribution in [-0.4, -0.2) is 28.7 Å². The molecule has 18 heavy (non-hydrogen) atoms. The van der Waals surface area contributed by atoms with Crippen LogP contribution in [0.5, 0.6) is 5.75 Å². The van der Waals surface area contributed by atoms with E-state index in [0.29, 0.717) is 5.75 Å². The summed E-state index contributed by atoms with van der Waals surface area (Å²) in [4.78, 5) is 14.7. The van der Waals surface area contributed by atoms with Crippen LogP contribution < -0.4 is 10.5 Å². The highest BCUT2D eigenvalue weighted by Gasteiger charge is 2.10. The topological polar surface area (TPSA) is 85.4 Å². The van der Waals surface area contributed by atoms with Crippen LogP contribution in [0.4, 0.5) is 0 Å². The molecule has 0 amide bonds. The Morgan fingerprint density at radius 3 is 2.94 bits per heavy atom. The molecular formula is C13H14N2O3. The molecule has 2 aromatic rings. The van der Waals surface area contributed by atoms with Gasteiger partial charge in [0, 0.05) is 17.6 Å². The summed E-state index contributed by atoms with van der Waals surface area (Å²) >= 11 is 0. The Labute approximate surface area is 104 Å². The first kappa shape index (κ1) is 12.3. The Morgan fingerprint density at radius 1 is 1.39 bits per heavy atom. The van der Waals surface area contributed by atoms with E-state index in [0.717, 1.165) is 10.9 Å². The lowest BCUT2D eigenvalue weighted by molar-refractivity contribution is -0.137. The molecule has 1 unspecified atom stereocenters. The lowest BCUT2D eigenvalue weighted by atomic mass is 10.2. The maximum absolute atomic E-state index is 10.5. The van der Waals surface area contributed by atoms with Crippen molar-refractivity contribution in [1.29, 1.82) is 0 Å². The number of hydrogen-bond donors (Lipinski definition) is 2. The van der Waals surface area contributed by atoms with E-state index in [1.54, 1.807) is 12.3 Å². The van der Waals surface area contributed by atoms with Crippen molar-refractivity contribution in [3.63, 3.8) is 0 Å². The number of nitrogens with zero attached hydrogens (tertiary/aromatic N) is 1. The molecular weight excluding hydrogens is 232 g/mol. The van der Waals surface area contributed by atoms with Gasteiger partial charge in [-0.15, -0.1) is 0 Å². The number of ether oxygens (including phenoxy) is 1. The van der Waals surface area contributed by atoms with Crippen LogP contribution in [0.25, 0.3) is 10.9 Å². The normalized spacial score (nSPS) is 12.3. The molecule has 1 heterocycles. The smallest absolute Gasteiger partial charge is 0.305 e. The molecule has 0 aliphatic rings. The number of para-hydroxylation sites is 1. The SMILES string of the molecule is NC(COc1cccc2cccnc12)CC(=O)O. The summed E-state index contributed by atoms with van der Waals surface area (Å²) in [6.45, 7) is 0.155. The first-order chi connectivity index (χ1) is 8.66. The fourth-order valence-electron chi connectivity index (χ4n) is 1.67. The summed E-state index contributed by atoms with van der Waals surface area (Å²) in [6.07, 6.45) is 1.57. The van der Waals surface area contributed by atoms with Crippen LogP contribution in [0, 0.1) is 0 Å². The van der Waals surface area contributed by atoms with Gasteiger partial charge in [-0.25, -0.2) is 0 Å². The summed E-state index contributed by atoms with van der Waals surface area (Å²) in [5.41, 5.74) is 6.39. The van der Waals surface area contributed by atoms with Gasteiger partial charge in [0.05, 0.1) is 6.42 Å². The second-order valence-corrected chi connectivity index (χ2v) is 4.00. The summed E-state index contributed by atoms with van der Waals surface area (Å²) in [5.74, 6) is -0.309. The predicted molar refractivity (Wildman–Crippen MR) is 67.5 cm³/mol. The minimum atomic E-state index is -0.929. The second-order valence-electron chi connectivity index (χ2n) is 4.00. The lowest BCUT2D eigenvalue weighted by Gasteiger charge is -2.12. The third-order valence-electron chi connectivity index (χ3n) is 2.49. The van der Waals surface area contributed by atoms with Gasteiger partial charge in [-0.3, -0.25) is 9.78 Å². The number of carboxylic acids is 1. The van der Waals surface area contributed by atoms with Gasteiger partial charge in [0.1, 0.15) is 17.9 Å². The van der Waals surface area contributed by atoms with Crippen molar-refractivity contribution in [3.8, 4) is 5.75 Å². The number of rotatable bonds is 5. The minimum absolute atomic E-state index is 0.113. The van der Waals surface area contributed by atoms with Gasteiger partial charge in [-0.05, 0) is 12.1 Å². The highest BCUT2D eigenvalue weighted by atomic mass is 16.5. The van der Waals surface area contributed by atoms with E-state index in [4.69, 9.17) is 15.6 Å². The highest BCUT2D eigenvalue weighted by molar-refractivity contribution is 5.84. The van der Waals surface area contributed by atoms with E-state index in [9.17, 15) is 4.79 Å². The molecule has 0 saturated heterocycles. The van der Waals surface area contributed by atoms with Gasteiger partial charge in [0.2, 0.25) is 0 Å². The zero-order valence-corrected chi connectivity index (χ0v) is 9.74. The van der Waals surface area contributed by atoms with Crippen LogP contribution in [0.2, 0.25) is 0 Å². The molecule has 1 atom stereocenters. The maximum atomic E-state index is 10.5. The zero-order chi connectivity index (χ0) is 13.0. The molecule has 1 aromatic carbocycles. The maximum Gasteiger partial charge on any atom is 0.305 e. The molecule has 1 aromatic heterocycles. The molecule has 0 fully saturated rings. The monoisotopic (exact) mass is 246 g/mol. The average Bonchev–Trinajstić information content (AvgIpc) is 2.35. The molecule has 0 spiro atoms. The average molecular weight is 246 g/mol. The molecule has 5 heteroatoms. The molecule has 94 valence electrons. The first-order valence-electron chi connectivity index (χ1n) is 5.61. The quantitative estimate of drug-likeness (QED) is 0.833. The van der Waals surface area contributed by atoms with Gasteiger partial charge < -0.3 is 15.6 Å². The molecule has 0 saturated carbocycles. The molecule has 5 nitrogen and oxygen atoms in total. The van der Waals surface area contributed by atoms with Gasteiger partial charge >= 0.3 is 5.97 Å². The number of hydrogen-bond acceptors (Lipinski definition) is 4. The first-order valence-corrected chi connectivity index (χ1v) is 5.61. The third kappa shape index (κ3) is 2.95. The largest absolute Gasteiger partial charge is 0.490 e. The van der Waals surface area contributed by atoms with Gasteiger partial charge in [0.25, 0.3) is 0 Å². The number of benzene rings is 1. The van der Waals surface area contributed by atoms with E-state index in [1.165, 1.54) is 0 Å². The van der Waals surface area contributed by atoms with E-state index in [1.807, 2.05) is 24.3 Å². The number of carbonyl (C=O) groups is 1. The van der Waals surface area contributed by atoms with Crippen LogP contribution in [0.1, 0.15) is 6.42 Å². The van der Waals surface area contributed by atoms with Crippen molar-refractivity contribution >= 4 is 16.9 Å². The van der Waals surface area contributed by atoms with Crippen molar-refractivity contribution in [1.82, 2.24) is 4.98 Å². The number of pyridine rings is 1. The molecule has 0 aliphatic heterocycles. The van der Waals surface area contributed by atoms with Crippen molar-refractivity contribution < 1.29 is 14.6 Å². The summed E-state index contributed by atoms with van der Waals surface area (Å²) < 4.78 is 5.53. The Bertz CT molecular complexity index is 551. The Balaban J connectivity index is 2.10. The summed E-state index contributed by atoms with van der Waals surface area (Å²) in [6, 6.07) is 8.85. The Hall–Kier alpha value is -2.14. The van der Waals surface area contributed by atoms with Gasteiger partial charge in [-0.1, -0.05) is 18.2 Å². The number of nitrogens with two attached hydrogens (primary N) is 1. The highest BCUT2D eigenvalue weighted by Crippen LogP contribution is 2.22. The molecule has 0 aliphatic carbocycles. The molecule has 0 radical (unpaired) electrons. The fraction of sp³-hybridized carbons (Fsp3) is 0.231.